The lowest BCUT2D eigenvalue weighted by molar-refractivity contribution is -0.123. The highest BCUT2D eigenvalue weighted by Gasteiger charge is 2.38. The van der Waals surface area contributed by atoms with E-state index in [1.165, 1.54) is 96.3 Å². The number of ether oxygens (including phenoxy) is 1. The van der Waals surface area contributed by atoms with Crippen molar-refractivity contribution < 1.29 is 18.8 Å². The van der Waals surface area contributed by atoms with Crippen LogP contribution >= 0.6 is 12.9 Å². The van der Waals surface area contributed by atoms with Gasteiger partial charge in [0.1, 0.15) is 6.10 Å². The van der Waals surface area contributed by atoms with Crippen LogP contribution in [0, 0.1) is 0 Å². The predicted molar refractivity (Wildman–Crippen MR) is 173 cm³/mol. The quantitative estimate of drug-likeness (QED) is 0.0544. The van der Waals surface area contributed by atoms with Gasteiger partial charge in [0.05, 0.1) is 17.8 Å². The minimum Gasteiger partial charge on any atom is -0.392 e. The molecule has 0 saturated carbocycles. The van der Waals surface area contributed by atoms with E-state index in [0.29, 0.717) is 13.0 Å². The van der Waals surface area contributed by atoms with Crippen LogP contribution in [0.2, 0.25) is 0 Å². The Morgan fingerprint density at radius 2 is 1.35 bits per heavy atom. The van der Waals surface area contributed by atoms with Crippen molar-refractivity contribution in [1.29, 1.82) is 0 Å². The first-order valence-electron chi connectivity index (χ1n) is 17.2. The molecule has 1 heterocycles. The van der Waals surface area contributed by atoms with E-state index in [0.717, 1.165) is 51.6 Å². The summed E-state index contributed by atoms with van der Waals surface area (Å²) in [7, 11) is 0. The van der Waals surface area contributed by atoms with Crippen molar-refractivity contribution in [1.82, 2.24) is 4.90 Å². The van der Waals surface area contributed by atoms with Crippen molar-refractivity contribution in [2.75, 3.05) is 19.6 Å². The van der Waals surface area contributed by atoms with Gasteiger partial charge in [-0.25, -0.2) is 0 Å². The molecule has 1 aliphatic rings. The van der Waals surface area contributed by atoms with Gasteiger partial charge in [-0.15, -0.1) is 0 Å². The van der Waals surface area contributed by atoms with Crippen molar-refractivity contribution in [3.05, 3.63) is 0 Å². The standard InChI is InChI=1S/C34H67NO4S/c1-5-7-9-11-13-15-17-19-23-30(36)28-35(26-22-21-25-33-32(37)27-34(3,4)38-33)29-31(39-40)24-20-18-16-14-12-10-8-6-2/h30-31,33,36,40H,5-29H2,1-4H3. The number of hydrogen-bond acceptors (Lipinski definition) is 6. The largest absolute Gasteiger partial charge is 0.392 e. The normalized spacial score (nSPS) is 18.6. The zero-order valence-corrected chi connectivity index (χ0v) is 27.9. The van der Waals surface area contributed by atoms with Crippen molar-refractivity contribution >= 4 is 18.7 Å². The van der Waals surface area contributed by atoms with E-state index in [4.69, 9.17) is 8.92 Å². The number of carbonyl (C=O) groups is 1. The van der Waals surface area contributed by atoms with E-state index >= 15 is 0 Å². The number of aliphatic hydroxyl groups is 1. The van der Waals surface area contributed by atoms with Gasteiger partial charge in [0.2, 0.25) is 0 Å². The number of carbonyl (C=O) groups excluding carboxylic acids is 1. The monoisotopic (exact) mass is 585 g/mol. The van der Waals surface area contributed by atoms with E-state index in [2.05, 4.69) is 31.7 Å². The maximum absolute atomic E-state index is 12.3. The van der Waals surface area contributed by atoms with Gasteiger partial charge in [0.25, 0.3) is 0 Å². The molecular formula is C34H67NO4S. The number of thiol groups is 1. The molecule has 1 saturated heterocycles. The highest BCUT2D eigenvalue weighted by molar-refractivity contribution is 7.75. The summed E-state index contributed by atoms with van der Waals surface area (Å²) in [5.41, 5.74) is -0.319. The number of hydrogen-bond donors (Lipinski definition) is 2. The summed E-state index contributed by atoms with van der Waals surface area (Å²) in [5.74, 6) is 0.247. The summed E-state index contributed by atoms with van der Waals surface area (Å²) in [6.07, 6.45) is 25.5. The maximum atomic E-state index is 12.3. The van der Waals surface area contributed by atoms with Crippen LogP contribution in [0.15, 0.2) is 0 Å². The number of unbranched alkanes of at least 4 members (excludes halogenated alkanes) is 15. The van der Waals surface area contributed by atoms with Crippen LogP contribution in [0.25, 0.3) is 0 Å². The van der Waals surface area contributed by atoms with Crippen LogP contribution in [-0.4, -0.2) is 59.3 Å². The van der Waals surface area contributed by atoms with Gasteiger partial charge in [-0.3, -0.25) is 9.69 Å². The van der Waals surface area contributed by atoms with Crippen LogP contribution in [0.5, 0.6) is 0 Å². The zero-order valence-electron chi connectivity index (χ0n) is 27.0. The number of Topliss-reactive ketones (excluding diaryl/α,β-unsaturated/α-hetero) is 1. The Balaban J connectivity index is 2.42. The molecule has 0 spiro atoms. The Hall–Kier alpha value is -0.140. The Kier molecular flexibility index (Phi) is 23.0. The molecule has 0 bridgehead atoms. The molecule has 1 N–H and O–H groups in total. The molecule has 1 aliphatic heterocycles. The second kappa shape index (κ2) is 24.3. The summed E-state index contributed by atoms with van der Waals surface area (Å²) in [6, 6.07) is 0. The second-order valence-corrected chi connectivity index (χ2v) is 13.4. The van der Waals surface area contributed by atoms with Crippen LogP contribution in [0.1, 0.15) is 169 Å². The number of ketones is 1. The third-order valence-electron chi connectivity index (χ3n) is 8.46. The summed E-state index contributed by atoms with van der Waals surface area (Å²) in [6.45, 7) is 10.9. The molecule has 0 radical (unpaired) electrons. The molecule has 0 aromatic carbocycles. The molecule has 5 nitrogen and oxygen atoms in total. The Labute approximate surface area is 254 Å². The van der Waals surface area contributed by atoms with E-state index in [1.54, 1.807) is 0 Å². The van der Waals surface area contributed by atoms with Crippen molar-refractivity contribution in [3.63, 3.8) is 0 Å². The first-order valence-corrected chi connectivity index (χ1v) is 17.6. The van der Waals surface area contributed by atoms with Crippen LogP contribution < -0.4 is 0 Å². The molecule has 0 aromatic rings. The molecule has 40 heavy (non-hydrogen) atoms. The van der Waals surface area contributed by atoms with Gasteiger partial charge in [-0.2, -0.15) is 0 Å². The second-order valence-electron chi connectivity index (χ2n) is 13.2. The van der Waals surface area contributed by atoms with Gasteiger partial charge < -0.3 is 14.0 Å². The zero-order chi connectivity index (χ0) is 29.5. The fourth-order valence-electron chi connectivity index (χ4n) is 6.04. The molecule has 0 aliphatic carbocycles. The average Bonchev–Trinajstić information content (AvgIpc) is 3.19. The molecule has 0 amide bonds. The lowest BCUT2D eigenvalue weighted by atomic mass is 10.0. The fraction of sp³-hybridized carbons (Fsp3) is 0.971. The molecule has 1 rings (SSSR count). The molecule has 0 aromatic heterocycles. The lowest BCUT2D eigenvalue weighted by Gasteiger charge is -2.28. The highest BCUT2D eigenvalue weighted by atomic mass is 32.1. The fourth-order valence-corrected chi connectivity index (χ4v) is 6.21. The SMILES string of the molecule is CCCCCCCCCCC(O)CN(CCCCC1OC(C)(C)CC1=O)CC(CCCCCCCCCC)OS. The van der Waals surface area contributed by atoms with Crippen molar-refractivity contribution in [2.45, 2.75) is 193 Å². The third kappa shape index (κ3) is 19.9. The van der Waals surface area contributed by atoms with E-state index < -0.39 is 0 Å². The number of rotatable bonds is 28. The molecule has 3 atom stereocenters. The smallest absolute Gasteiger partial charge is 0.164 e. The summed E-state index contributed by atoms with van der Waals surface area (Å²) >= 11 is 4.22. The summed E-state index contributed by atoms with van der Waals surface area (Å²) in [4.78, 5) is 14.7. The van der Waals surface area contributed by atoms with Gasteiger partial charge in [-0.05, 0) is 65.4 Å². The Bertz CT molecular complexity index is 602. The minimum absolute atomic E-state index is 0.0827. The van der Waals surface area contributed by atoms with Gasteiger partial charge in [-0.1, -0.05) is 117 Å². The van der Waals surface area contributed by atoms with Crippen LogP contribution in [0.3, 0.4) is 0 Å². The first-order chi connectivity index (χ1) is 19.3. The van der Waals surface area contributed by atoms with Gasteiger partial charge >= 0.3 is 0 Å². The summed E-state index contributed by atoms with van der Waals surface area (Å²) < 4.78 is 11.6. The van der Waals surface area contributed by atoms with Crippen molar-refractivity contribution in [2.24, 2.45) is 0 Å². The topological polar surface area (TPSA) is 59.0 Å². The lowest BCUT2D eigenvalue weighted by Crippen LogP contribution is -2.39. The van der Waals surface area contributed by atoms with Crippen LogP contribution in [0.4, 0.5) is 0 Å². The summed E-state index contributed by atoms with van der Waals surface area (Å²) in [5, 5.41) is 10.9. The molecule has 6 heteroatoms. The Morgan fingerprint density at radius 3 is 1.85 bits per heavy atom. The average molecular weight is 586 g/mol. The molecular weight excluding hydrogens is 518 g/mol. The number of aliphatic hydroxyl groups excluding tert-OH is 1. The molecule has 238 valence electrons. The molecule has 1 fully saturated rings. The van der Waals surface area contributed by atoms with Crippen LogP contribution in [-0.2, 0) is 13.7 Å². The minimum atomic E-state index is -0.319. The third-order valence-corrected chi connectivity index (χ3v) is 8.76. The van der Waals surface area contributed by atoms with Gasteiger partial charge in [0, 0.05) is 19.5 Å². The predicted octanol–water partition coefficient (Wildman–Crippen LogP) is 9.25. The highest BCUT2D eigenvalue weighted by Crippen LogP contribution is 2.29. The number of nitrogens with zero attached hydrogens (tertiary/aromatic N) is 1. The molecule has 3 unspecified atom stereocenters. The maximum Gasteiger partial charge on any atom is 0.164 e. The Morgan fingerprint density at radius 1 is 0.825 bits per heavy atom. The van der Waals surface area contributed by atoms with E-state index in [1.807, 2.05) is 13.8 Å². The van der Waals surface area contributed by atoms with E-state index in [9.17, 15) is 9.90 Å². The van der Waals surface area contributed by atoms with E-state index in [-0.39, 0.29) is 29.7 Å². The first kappa shape index (κ1) is 37.9. The van der Waals surface area contributed by atoms with Crippen molar-refractivity contribution in [3.8, 4) is 0 Å². The van der Waals surface area contributed by atoms with Gasteiger partial charge in [0.15, 0.2) is 5.78 Å².